The van der Waals surface area contributed by atoms with Gasteiger partial charge in [-0.3, -0.25) is 4.79 Å². The summed E-state index contributed by atoms with van der Waals surface area (Å²) in [5, 5.41) is 5.48. The minimum absolute atomic E-state index is 0.697. The summed E-state index contributed by atoms with van der Waals surface area (Å²) in [6, 6.07) is 12.2. The Morgan fingerprint density at radius 2 is 1.73 bits per heavy atom. The van der Waals surface area contributed by atoms with Gasteiger partial charge in [-0.1, -0.05) is 36.4 Å². The molecule has 1 unspecified atom stereocenters. The second-order valence-corrected chi connectivity index (χ2v) is 6.47. The van der Waals surface area contributed by atoms with Gasteiger partial charge in [0.15, 0.2) is 0 Å². The Bertz CT molecular complexity index is 844. The van der Waals surface area contributed by atoms with E-state index in [1.165, 1.54) is 0 Å². The molecule has 1 amide bonds. The van der Waals surface area contributed by atoms with E-state index in [0.717, 1.165) is 48.6 Å². The van der Waals surface area contributed by atoms with E-state index in [0.29, 0.717) is 5.56 Å². The van der Waals surface area contributed by atoms with E-state index in [1.54, 1.807) is 12.1 Å². The molecule has 7 heteroatoms. The summed E-state index contributed by atoms with van der Waals surface area (Å²) in [5.74, 6) is -1.92. The van der Waals surface area contributed by atoms with E-state index in [1.807, 2.05) is 30.3 Å². The van der Waals surface area contributed by atoms with E-state index in [9.17, 15) is 18.0 Å². The average molecular weight is 361 g/mol. The highest BCUT2D eigenvalue weighted by Crippen LogP contribution is 2.47. The molecule has 2 aromatic rings. The standard InChI is InChI=1S/C19H18F3N3O/c20-19(21,22)18(26)24-17-14-5-2-1-4-12(14)13-6-3-7-15(16(13)17)25-10-8-23-9-11-25/h1-7,17,23H,8-11H2,(H,24,26). The van der Waals surface area contributed by atoms with Crippen molar-refractivity contribution in [1.29, 1.82) is 0 Å². The van der Waals surface area contributed by atoms with Gasteiger partial charge in [-0.05, 0) is 22.8 Å². The van der Waals surface area contributed by atoms with Crippen molar-refractivity contribution in [3.8, 4) is 11.1 Å². The van der Waals surface area contributed by atoms with Crippen molar-refractivity contribution in [1.82, 2.24) is 10.6 Å². The molecule has 0 spiro atoms. The highest BCUT2D eigenvalue weighted by Gasteiger charge is 2.42. The van der Waals surface area contributed by atoms with E-state index in [4.69, 9.17) is 0 Å². The average Bonchev–Trinajstić information content (AvgIpc) is 2.96. The third-order valence-electron chi connectivity index (χ3n) is 4.92. The van der Waals surface area contributed by atoms with Crippen LogP contribution in [0.1, 0.15) is 17.2 Å². The van der Waals surface area contributed by atoms with Crippen molar-refractivity contribution < 1.29 is 18.0 Å². The summed E-state index contributed by atoms with van der Waals surface area (Å²) < 4.78 is 38.6. The molecule has 1 aliphatic carbocycles. The van der Waals surface area contributed by atoms with Crippen molar-refractivity contribution in [3.05, 3.63) is 53.6 Å². The highest BCUT2D eigenvalue weighted by atomic mass is 19.4. The van der Waals surface area contributed by atoms with Crippen molar-refractivity contribution in [2.24, 2.45) is 0 Å². The number of nitrogens with zero attached hydrogens (tertiary/aromatic N) is 1. The van der Waals surface area contributed by atoms with Crippen LogP contribution in [0.15, 0.2) is 42.5 Å². The Labute approximate surface area is 149 Å². The molecule has 1 saturated heterocycles. The Morgan fingerprint density at radius 1 is 1.04 bits per heavy atom. The van der Waals surface area contributed by atoms with E-state index < -0.39 is 18.1 Å². The number of rotatable bonds is 2. The minimum Gasteiger partial charge on any atom is -0.369 e. The van der Waals surface area contributed by atoms with Gasteiger partial charge < -0.3 is 15.5 Å². The minimum atomic E-state index is -4.91. The van der Waals surface area contributed by atoms with Crippen LogP contribution in [-0.2, 0) is 4.79 Å². The van der Waals surface area contributed by atoms with Gasteiger partial charge in [0.05, 0.1) is 6.04 Å². The van der Waals surface area contributed by atoms with Crippen molar-refractivity contribution in [2.75, 3.05) is 31.1 Å². The number of amides is 1. The first-order valence-corrected chi connectivity index (χ1v) is 8.52. The number of halogens is 3. The van der Waals surface area contributed by atoms with Crippen molar-refractivity contribution in [2.45, 2.75) is 12.2 Å². The number of benzene rings is 2. The summed E-state index contributed by atoms with van der Waals surface area (Å²) in [7, 11) is 0. The number of alkyl halides is 3. The smallest absolute Gasteiger partial charge is 0.369 e. The predicted octanol–water partition coefficient (Wildman–Crippen LogP) is 2.84. The number of piperazine rings is 1. The third-order valence-corrected chi connectivity index (χ3v) is 4.92. The second-order valence-electron chi connectivity index (χ2n) is 6.47. The number of nitrogens with one attached hydrogen (secondary N) is 2. The van der Waals surface area contributed by atoms with Gasteiger partial charge in [-0.2, -0.15) is 13.2 Å². The van der Waals surface area contributed by atoms with Crippen LogP contribution in [0, 0.1) is 0 Å². The van der Waals surface area contributed by atoms with Crippen LogP contribution in [0.25, 0.3) is 11.1 Å². The van der Waals surface area contributed by atoms with Crippen LogP contribution in [0.2, 0.25) is 0 Å². The molecule has 26 heavy (non-hydrogen) atoms. The normalized spacial score (nSPS) is 19.0. The molecule has 136 valence electrons. The van der Waals surface area contributed by atoms with Crippen molar-refractivity contribution in [3.63, 3.8) is 0 Å². The second kappa shape index (κ2) is 6.32. The monoisotopic (exact) mass is 361 g/mol. The fourth-order valence-electron chi connectivity index (χ4n) is 3.79. The molecular formula is C19H18F3N3O. The van der Waals surface area contributed by atoms with Gasteiger partial charge in [0.1, 0.15) is 0 Å². The quantitative estimate of drug-likeness (QED) is 0.865. The molecule has 2 aromatic carbocycles. The lowest BCUT2D eigenvalue weighted by Gasteiger charge is -2.32. The molecule has 0 aromatic heterocycles. The molecule has 2 aliphatic rings. The molecule has 1 fully saturated rings. The van der Waals surface area contributed by atoms with Crippen LogP contribution in [-0.4, -0.2) is 38.3 Å². The fourth-order valence-corrected chi connectivity index (χ4v) is 3.79. The lowest BCUT2D eigenvalue weighted by Crippen LogP contribution is -2.44. The Balaban J connectivity index is 1.81. The Kier molecular flexibility index (Phi) is 4.11. The molecule has 2 N–H and O–H groups in total. The Morgan fingerprint density at radius 3 is 2.46 bits per heavy atom. The van der Waals surface area contributed by atoms with Gasteiger partial charge >= 0.3 is 12.1 Å². The predicted molar refractivity (Wildman–Crippen MR) is 93.0 cm³/mol. The molecule has 0 saturated carbocycles. The molecule has 0 bridgehead atoms. The summed E-state index contributed by atoms with van der Waals surface area (Å²) >= 11 is 0. The van der Waals surface area contributed by atoms with E-state index in [2.05, 4.69) is 15.5 Å². The number of fused-ring (bicyclic) bond motifs is 3. The number of hydrogen-bond acceptors (Lipinski definition) is 3. The van der Waals surface area contributed by atoms with Crippen LogP contribution >= 0.6 is 0 Å². The lowest BCUT2D eigenvalue weighted by molar-refractivity contribution is -0.174. The van der Waals surface area contributed by atoms with Crippen LogP contribution in [0.3, 0.4) is 0 Å². The number of carbonyl (C=O) groups excluding carboxylic acids is 1. The van der Waals surface area contributed by atoms with Gasteiger partial charge in [-0.25, -0.2) is 0 Å². The fraction of sp³-hybridized carbons (Fsp3) is 0.316. The number of anilines is 1. The maximum Gasteiger partial charge on any atom is 0.471 e. The van der Waals surface area contributed by atoms with Gasteiger partial charge in [0.2, 0.25) is 0 Å². The molecule has 1 atom stereocenters. The molecule has 4 rings (SSSR count). The Hall–Kier alpha value is -2.54. The summed E-state index contributed by atoms with van der Waals surface area (Å²) in [6.45, 7) is 3.17. The van der Waals surface area contributed by atoms with Gasteiger partial charge in [0.25, 0.3) is 0 Å². The van der Waals surface area contributed by atoms with Crippen molar-refractivity contribution >= 4 is 11.6 Å². The summed E-state index contributed by atoms with van der Waals surface area (Å²) in [4.78, 5) is 13.8. The SMILES string of the molecule is O=C(NC1c2ccccc2-c2cccc(N3CCNCC3)c21)C(F)(F)F. The van der Waals surface area contributed by atoms with Crippen LogP contribution in [0.4, 0.5) is 18.9 Å². The zero-order valence-corrected chi connectivity index (χ0v) is 13.9. The van der Waals surface area contributed by atoms with Crippen LogP contribution < -0.4 is 15.5 Å². The third kappa shape index (κ3) is 2.82. The first-order valence-electron chi connectivity index (χ1n) is 8.52. The van der Waals surface area contributed by atoms with E-state index in [-0.39, 0.29) is 0 Å². The van der Waals surface area contributed by atoms with E-state index >= 15 is 0 Å². The maximum atomic E-state index is 12.9. The topological polar surface area (TPSA) is 44.4 Å². The summed E-state index contributed by atoms with van der Waals surface area (Å²) in [6.07, 6.45) is -4.91. The highest BCUT2D eigenvalue weighted by molar-refractivity contribution is 5.88. The molecular weight excluding hydrogens is 343 g/mol. The number of hydrogen-bond donors (Lipinski definition) is 2. The molecule has 1 aliphatic heterocycles. The maximum absolute atomic E-state index is 12.9. The summed E-state index contributed by atoms with van der Waals surface area (Å²) in [5.41, 5.74) is 4.07. The molecule has 0 radical (unpaired) electrons. The largest absolute Gasteiger partial charge is 0.471 e. The zero-order chi connectivity index (χ0) is 18.3. The molecule has 4 nitrogen and oxygen atoms in total. The first kappa shape index (κ1) is 16.9. The van der Waals surface area contributed by atoms with Gasteiger partial charge in [0, 0.05) is 37.4 Å². The molecule has 1 heterocycles. The van der Waals surface area contributed by atoms with Crippen LogP contribution in [0.5, 0.6) is 0 Å². The van der Waals surface area contributed by atoms with Gasteiger partial charge in [-0.15, -0.1) is 0 Å². The number of carbonyl (C=O) groups is 1. The zero-order valence-electron chi connectivity index (χ0n) is 13.9. The lowest BCUT2D eigenvalue weighted by atomic mass is 10.0. The first-order chi connectivity index (χ1) is 12.5.